The standard InChI is InChI=1S/C13H17F2NO/c14-11-2-4-13(15)10(6-11)8-16-7-9-1-3-12(17)5-9/h2,4,6,9,12,16-17H,1,3,5,7-8H2. The zero-order valence-corrected chi connectivity index (χ0v) is 9.63. The average molecular weight is 241 g/mol. The van der Waals surface area contributed by atoms with E-state index in [9.17, 15) is 13.9 Å². The van der Waals surface area contributed by atoms with Crippen LogP contribution in [0.5, 0.6) is 0 Å². The Morgan fingerprint density at radius 1 is 1.29 bits per heavy atom. The summed E-state index contributed by atoms with van der Waals surface area (Å²) in [6.07, 6.45) is 2.46. The van der Waals surface area contributed by atoms with E-state index >= 15 is 0 Å². The fraction of sp³-hybridized carbons (Fsp3) is 0.538. The van der Waals surface area contributed by atoms with E-state index in [1.54, 1.807) is 0 Å². The van der Waals surface area contributed by atoms with Crippen LogP contribution in [-0.4, -0.2) is 17.8 Å². The Morgan fingerprint density at radius 3 is 2.82 bits per heavy atom. The first-order valence-electron chi connectivity index (χ1n) is 5.98. The van der Waals surface area contributed by atoms with E-state index in [1.807, 2.05) is 0 Å². The second-order valence-electron chi connectivity index (χ2n) is 4.70. The highest BCUT2D eigenvalue weighted by atomic mass is 19.1. The minimum Gasteiger partial charge on any atom is -0.393 e. The third-order valence-electron chi connectivity index (χ3n) is 3.27. The van der Waals surface area contributed by atoms with E-state index in [4.69, 9.17) is 0 Å². The summed E-state index contributed by atoms with van der Waals surface area (Å²) in [4.78, 5) is 0. The minimum atomic E-state index is -0.417. The van der Waals surface area contributed by atoms with Crippen LogP contribution in [0.1, 0.15) is 24.8 Å². The molecule has 1 aromatic rings. The summed E-state index contributed by atoms with van der Waals surface area (Å²) in [5.41, 5.74) is 0.351. The van der Waals surface area contributed by atoms with Crippen LogP contribution in [0.25, 0.3) is 0 Å². The van der Waals surface area contributed by atoms with Crippen molar-refractivity contribution in [2.75, 3.05) is 6.54 Å². The van der Waals surface area contributed by atoms with Crippen molar-refractivity contribution >= 4 is 0 Å². The third kappa shape index (κ3) is 3.48. The average Bonchev–Trinajstić information content (AvgIpc) is 2.69. The van der Waals surface area contributed by atoms with Crippen molar-refractivity contribution in [2.45, 2.75) is 31.9 Å². The predicted molar refractivity (Wildman–Crippen MR) is 61.4 cm³/mol. The molecule has 2 unspecified atom stereocenters. The molecule has 1 aliphatic rings. The van der Waals surface area contributed by atoms with Crippen molar-refractivity contribution in [1.29, 1.82) is 0 Å². The van der Waals surface area contributed by atoms with Gasteiger partial charge in [0.15, 0.2) is 0 Å². The number of nitrogens with one attached hydrogen (secondary N) is 1. The van der Waals surface area contributed by atoms with Gasteiger partial charge in [-0.05, 0) is 49.9 Å². The van der Waals surface area contributed by atoms with Crippen molar-refractivity contribution in [2.24, 2.45) is 5.92 Å². The van der Waals surface area contributed by atoms with Crippen molar-refractivity contribution < 1.29 is 13.9 Å². The first kappa shape index (κ1) is 12.5. The van der Waals surface area contributed by atoms with Gasteiger partial charge >= 0.3 is 0 Å². The fourth-order valence-corrected chi connectivity index (χ4v) is 2.32. The molecular formula is C13H17F2NO. The second-order valence-corrected chi connectivity index (χ2v) is 4.70. The Bertz CT molecular complexity index is 384. The Morgan fingerprint density at radius 2 is 2.12 bits per heavy atom. The minimum absolute atomic E-state index is 0.187. The Kier molecular flexibility index (Phi) is 4.07. The maximum absolute atomic E-state index is 13.3. The summed E-state index contributed by atoms with van der Waals surface area (Å²) in [5, 5.41) is 12.5. The lowest BCUT2D eigenvalue weighted by atomic mass is 10.1. The predicted octanol–water partition coefficient (Wildman–Crippen LogP) is 2.22. The molecule has 2 N–H and O–H groups in total. The van der Waals surface area contributed by atoms with Gasteiger partial charge in [-0.3, -0.25) is 0 Å². The highest BCUT2D eigenvalue weighted by Crippen LogP contribution is 2.24. The van der Waals surface area contributed by atoms with Gasteiger partial charge in [0.05, 0.1) is 6.10 Å². The van der Waals surface area contributed by atoms with Gasteiger partial charge in [-0.15, -0.1) is 0 Å². The molecule has 94 valence electrons. The van der Waals surface area contributed by atoms with Gasteiger partial charge in [0, 0.05) is 12.1 Å². The van der Waals surface area contributed by atoms with E-state index in [-0.39, 0.29) is 11.9 Å². The lowest BCUT2D eigenvalue weighted by molar-refractivity contribution is 0.177. The second kappa shape index (κ2) is 5.56. The van der Waals surface area contributed by atoms with Crippen LogP contribution in [0.4, 0.5) is 8.78 Å². The zero-order valence-electron chi connectivity index (χ0n) is 9.63. The van der Waals surface area contributed by atoms with E-state index in [0.29, 0.717) is 18.0 Å². The molecule has 0 aliphatic heterocycles. The number of aliphatic hydroxyl groups is 1. The molecular weight excluding hydrogens is 224 g/mol. The number of aliphatic hydroxyl groups excluding tert-OH is 1. The summed E-state index contributed by atoms with van der Waals surface area (Å²) >= 11 is 0. The lowest BCUT2D eigenvalue weighted by Gasteiger charge is -2.11. The van der Waals surface area contributed by atoms with Crippen molar-refractivity contribution in [3.05, 3.63) is 35.4 Å². The maximum atomic E-state index is 13.3. The Hall–Kier alpha value is -1.00. The number of hydrogen-bond acceptors (Lipinski definition) is 2. The Labute approximate surface area is 99.7 Å². The molecule has 1 aliphatic carbocycles. The quantitative estimate of drug-likeness (QED) is 0.847. The highest BCUT2D eigenvalue weighted by molar-refractivity contribution is 5.18. The largest absolute Gasteiger partial charge is 0.393 e. The summed E-state index contributed by atoms with van der Waals surface area (Å²) in [5.74, 6) is -0.355. The topological polar surface area (TPSA) is 32.3 Å². The molecule has 4 heteroatoms. The molecule has 2 nitrogen and oxygen atoms in total. The first-order chi connectivity index (χ1) is 8.15. The van der Waals surface area contributed by atoms with Crippen molar-refractivity contribution in [1.82, 2.24) is 5.32 Å². The molecule has 0 radical (unpaired) electrons. The number of halogens is 2. The molecule has 1 saturated carbocycles. The number of hydrogen-bond donors (Lipinski definition) is 2. The molecule has 1 fully saturated rings. The van der Waals surface area contributed by atoms with E-state index in [1.165, 1.54) is 6.07 Å². The van der Waals surface area contributed by atoms with Gasteiger partial charge in [0.2, 0.25) is 0 Å². The highest BCUT2D eigenvalue weighted by Gasteiger charge is 2.22. The summed E-state index contributed by atoms with van der Waals surface area (Å²) < 4.78 is 26.2. The van der Waals surface area contributed by atoms with Crippen LogP contribution in [0.15, 0.2) is 18.2 Å². The molecule has 0 spiro atoms. The number of rotatable bonds is 4. The third-order valence-corrected chi connectivity index (χ3v) is 3.27. The summed E-state index contributed by atoms with van der Waals surface area (Å²) in [6.45, 7) is 1.07. The fourth-order valence-electron chi connectivity index (χ4n) is 2.32. The van der Waals surface area contributed by atoms with Crippen molar-refractivity contribution in [3.8, 4) is 0 Å². The normalized spacial score (nSPS) is 24.2. The van der Waals surface area contributed by atoms with Gasteiger partial charge in [-0.25, -0.2) is 8.78 Å². The van der Waals surface area contributed by atoms with E-state index in [2.05, 4.69) is 5.32 Å². The molecule has 1 aromatic carbocycles. The van der Waals surface area contributed by atoms with E-state index < -0.39 is 5.82 Å². The van der Waals surface area contributed by atoms with Crippen molar-refractivity contribution in [3.63, 3.8) is 0 Å². The van der Waals surface area contributed by atoms with Crippen LogP contribution >= 0.6 is 0 Å². The van der Waals surface area contributed by atoms with Gasteiger partial charge in [0.1, 0.15) is 11.6 Å². The molecule has 0 bridgehead atoms. The molecule has 0 heterocycles. The van der Waals surface area contributed by atoms with E-state index in [0.717, 1.165) is 37.9 Å². The molecule has 0 amide bonds. The molecule has 0 aromatic heterocycles. The van der Waals surface area contributed by atoms with Gasteiger partial charge in [-0.1, -0.05) is 0 Å². The maximum Gasteiger partial charge on any atom is 0.127 e. The smallest absolute Gasteiger partial charge is 0.127 e. The number of benzene rings is 1. The van der Waals surface area contributed by atoms with Crippen LogP contribution in [0, 0.1) is 17.6 Å². The molecule has 0 saturated heterocycles. The Balaban J connectivity index is 1.80. The van der Waals surface area contributed by atoms with Crippen LogP contribution in [0.3, 0.4) is 0 Å². The van der Waals surface area contributed by atoms with Gasteiger partial charge in [-0.2, -0.15) is 0 Å². The van der Waals surface area contributed by atoms with Gasteiger partial charge < -0.3 is 10.4 Å². The summed E-state index contributed by atoms with van der Waals surface area (Å²) in [6, 6.07) is 3.48. The first-order valence-corrected chi connectivity index (χ1v) is 5.98. The molecule has 17 heavy (non-hydrogen) atoms. The van der Waals surface area contributed by atoms with Gasteiger partial charge in [0.25, 0.3) is 0 Å². The SMILES string of the molecule is OC1CCC(CNCc2cc(F)ccc2F)C1. The van der Waals surface area contributed by atoms with Crippen LogP contribution in [-0.2, 0) is 6.54 Å². The molecule has 2 atom stereocenters. The van der Waals surface area contributed by atoms with Crippen LogP contribution < -0.4 is 5.32 Å². The lowest BCUT2D eigenvalue weighted by Crippen LogP contribution is -2.22. The monoisotopic (exact) mass is 241 g/mol. The zero-order chi connectivity index (χ0) is 12.3. The van der Waals surface area contributed by atoms with Crippen LogP contribution in [0.2, 0.25) is 0 Å². The summed E-state index contributed by atoms with van der Waals surface area (Å²) in [7, 11) is 0. The molecule has 2 rings (SSSR count).